The van der Waals surface area contributed by atoms with E-state index in [0.717, 1.165) is 0 Å². The highest BCUT2D eigenvalue weighted by Gasteiger charge is 2.16. The lowest BCUT2D eigenvalue weighted by atomic mass is 10.4. The molecule has 0 aliphatic carbocycles. The van der Waals surface area contributed by atoms with Gasteiger partial charge in [0, 0.05) is 57.6 Å². The van der Waals surface area contributed by atoms with Crippen LogP contribution in [0.3, 0.4) is 0 Å². The van der Waals surface area contributed by atoms with Gasteiger partial charge in [-0.15, -0.1) is 0 Å². The first kappa shape index (κ1) is 58.9. The Morgan fingerprint density at radius 3 is 0.590 bits per heavy atom. The fourth-order valence-electron chi connectivity index (χ4n) is 2.42. The number of quaternary nitrogens is 7. The van der Waals surface area contributed by atoms with Crippen molar-refractivity contribution >= 4 is 38.0 Å². The van der Waals surface area contributed by atoms with Gasteiger partial charge >= 0.3 is 0 Å². The van der Waals surface area contributed by atoms with Crippen molar-refractivity contribution in [2.75, 3.05) is 57.6 Å². The Kier molecular flexibility index (Phi) is 34.6. The molecule has 0 saturated heterocycles. The Hall–Kier alpha value is 0.350. The van der Waals surface area contributed by atoms with E-state index in [2.05, 4.69) is 0 Å². The largest absolute Gasteiger partial charge is 0.810 e. The van der Waals surface area contributed by atoms with Gasteiger partial charge in [-0.3, -0.25) is 14.7 Å². The number of nitrogens with zero attached hydrogens (tertiary/aromatic N) is 3. The summed E-state index contributed by atoms with van der Waals surface area (Å²) in [6.07, 6.45) is -7.03. The SMILES string of the molecule is O=P([O-])([O-])CN(CCN(CP(=O)([O-])[O-])CP(=O)([O-])[O-])CCN(CP(=O)([O-])[O-])CP(=O)([O-])[O-].[NH4+].[NH4+].[NH4+].[NH4+].[NH4+].[NH4+].[NH4+]. The van der Waals surface area contributed by atoms with Crippen LogP contribution in [0.4, 0.5) is 0 Å². The normalized spacial score (nSPS) is 12.0. The molecule has 0 amide bonds. The zero-order chi connectivity index (χ0) is 25.6. The fourth-order valence-corrected chi connectivity index (χ4v) is 6.43. The minimum atomic E-state index is -5.37. The maximum Gasteiger partial charge on any atom is 0.0264 e. The third kappa shape index (κ3) is 40.6. The van der Waals surface area contributed by atoms with Crippen LogP contribution in [-0.4, -0.2) is 72.3 Å². The lowest BCUT2D eigenvalue weighted by Gasteiger charge is -2.43. The smallest absolute Gasteiger partial charge is 0.0264 e. The van der Waals surface area contributed by atoms with Gasteiger partial charge in [0.05, 0.1) is 0 Å². The molecule has 25 nitrogen and oxygen atoms in total. The van der Waals surface area contributed by atoms with Crippen LogP contribution in [0.25, 0.3) is 0 Å². The third-order valence-electron chi connectivity index (χ3n) is 3.33. The van der Waals surface area contributed by atoms with Crippen LogP contribution in [0.2, 0.25) is 0 Å². The fraction of sp³-hybridized carbons (Fsp3) is 1.00. The predicted octanol–water partition coefficient (Wildman–Crippen LogP) is -6.12. The summed E-state index contributed by atoms with van der Waals surface area (Å²) in [6.45, 7) is -2.82. The standard InChI is InChI=1S/C9H28N3O15P5.7H3N/c13-28(14,15)5-10(1-3-11(6-29(16,17)18)7-30(19,20)21)2-4-12(8-31(22,23)24)9-32(25,26)27;;;;;;;/h1-9H2,(H2,13,14,15)(H2,16,17,18)(H2,19,20,21)(H2,22,23,24)(H2,25,26,27);7*1H3/p-3. The van der Waals surface area contributed by atoms with Gasteiger partial charge in [-0.25, -0.2) is 0 Å². The first-order valence-electron chi connectivity index (χ1n) is 8.17. The molecule has 0 unspecified atom stereocenters. The van der Waals surface area contributed by atoms with Crippen LogP contribution in [-0.2, 0) is 22.8 Å². The molecule has 0 aliphatic heterocycles. The molecule has 0 aromatic rings. The average molecular weight is 689 g/mol. The van der Waals surface area contributed by atoms with E-state index in [4.69, 9.17) is 0 Å². The van der Waals surface area contributed by atoms with Gasteiger partial charge in [-0.2, -0.15) is 0 Å². The minimum absolute atomic E-state index is 0. The number of hydrogen-bond acceptors (Lipinski definition) is 18. The maximum atomic E-state index is 11.1. The van der Waals surface area contributed by atoms with Crippen molar-refractivity contribution in [3.05, 3.63) is 0 Å². The predicted molar refractivity (Wildman–Crippen MR) is 129 cm³/mol. The second-order valence-electron chi connectivity index (χ2n) is 6.67. The monoisotopic (exact) mass is 689 g/mol. The third-order valence-corrected chi connectivity index (χ3v) is 7.06. The zero-order valence-corrected chi connectivity index (χ0v) is 27.5. The topological polar surface area (TPSA) is 581 Å². The molecule has 0 saturated carbocycles. The minimum Gasteiger partial charge on any atom is -0.810 e. The van der Waals surface area contributed by atoms with E-state index in [1.165, 1.54) is 0 Å². The van der Waals surface area contributed by atoms with Gasteiger partial charge in [0.15, 0.2) is 0 Å². The lowest BCUT2D eigenvalue weighted by Crippen LogP contribution is -2.45. The molecule has 0 aliphatic rings. The summed E-state index contributed by atoms with van der Waals surface area (Å²) in [5.74, 6) is 0. The average Bonchev–Trinajstić information content (AvgIpc) is 2.41. The summed E-state index contributed by atoms with van der Waals surface area (Å²) in [6, 6.07) is 0. The van der Waals surface area contributed by atoms with Crippen LogP contribution in [0.15, 0.2) is 0 Å². The maximum absolute atomic E-state index is 11.1. The summed E-state index contributed by atoms with van der Waals surface area (Å²) in [7, 11) is -26.8. The highest BCUT2D eigenvalue weighted by molar-refractivity contribution is 7.50. The second-order valence-corrected chi connectivity index (χ2v) is 14.2. The van der Waals surface area contributed by atoms with Crippen LogP contribution in [0, 0.1) is 0 Å². The van der Waals surface area contributed by atoms with E-state index in [0.29, 0.717) is 14.7 Å². The Labute approximate surface area is 225 Å². The van der Waals surface area contributed by atoms with Gasteiger partial charge in [0.2, 0.25) is 0 Å². The first-order valence-corrected chi connectivity index (χ1v) is 16.8. The molecule has 39 heavy (non-hydrogen) atoms. The summed E-state index contributed by atoms with van der Waals surface area (Å²) in [4.78, 5) is 111. The van der Waals surface area contributed by atoms with Crippen molar-refractivity contribution in [1.29, 1.82) is 0 Å². The molecule has 0 rings (SSSR count). The molecule has 30 heteroatoms. The first-order chi connectivity index (χ1) is 13.9. The molecule has 0 radical (unpaired) electrons. The molecule has 0 bridgehead atoms. The Bertz CT molecular complexity index is 738. The van der Waals surface area contributed by atoms with Crippen molar-refractivity contribution in [3.63, 3.8) is 0 Å². The van der Waals surface area contributed by atoms with Crippen molar-refractivity contribution in [2.45, 2.75) is 0 Å². The van der Waals surface area contributed by atoms with E-state index in [1.807, 2.05) is 0 Å². The van der Waals surface area contributed by atoms with Gasteiger partial charge in [0.25, 0.3) is 0 Å². The summed E-state index contributed by atoms with van der Waals surface area (Å²) < 4.78 is 54.6. The van der Waals surface area contributed by atoms with Crippen LogP contribution in [0.1, 0.15) is 0 Å². The van der Waals surface area contributed by atoms with E-state index < -0.39 is 95.6 Å². The van der Waals surface area contributed by atoms with E-state index in [-0.39, 0.29) is 43.1 Å². The zero-order valence-electron chi connectivity index (χ0n) is 23.1. The Balaban J connectivity index is -0.000000229. The van der Waals surface area contributed by atoms with Crippen LogP contribution in [0.5, 0.6) is 0 Å². The molecule has 0 heterocycles. The lowest BCUT2D eigenvalue weighted by molar-refractivity contribution is -0.321. The highest BCUT2D eigenvalue weighted by atomic mass is 31.2. The molecule has 0 aromatic heterocycles. The van der Waals surface area contributed by atoms with Crippen molar-refractivity contribution in [2.24, 2.45) is 0 Å². The van der Waals surface area contributed by atoms with E-state index >= 15 is 0 Å². The summed E-state index contributed by atoms with van der Waals surface area (Å²) in [5, 5.41) is 0. The summed E-state index contributed by atoms with van der Waals surface area (Å²) in [5.41, 5.74) is 0. The molecule has 0 aromatic carbocycles. The Morgan fingerprint density at radius 1 is 0.308 bits per heavy atom. The second kappa shape index (κ2) is 22.9. The molecule has 250 valence electrons. The van der Waals surface area contributed by atoms with Crippen molar-refractivity contribution < 1.29 is 71.8 Å². The van der Waals surface area contributed by atoms with Gasteiger partial charge < -0.3 is 115 Å². The van der Waals surface area contributed by atoms with Gasteiger partial charge in [-0.1, -0.05) is 38.0 Å². The van der Waals surface area contributed by atoms with Crippen molar-refractivity contribution in [3.8, 4) is 0 Å². The number of hydrogen-bond donors (Lipinski definition) is 7. The molecule has 0 fully saturated rings. The van der Waals surface area contributed by atoms with Crippen molar-refractivity contribution in [1.82, 2.24) is 57.8 Å². The molecular weight excluding hydrogens is 643 g/mol. The van der Waals surface area contributed by atoms with E-state index in [9.17, 15) is 71.8 Å². The number of rotatable bonds is 16. The molecule has 28 N–H and O–H groups in total. The quantitative estimate of drug-likeness (QED) is 0.0741. The molecule has 0 atom stereocenters. The highest BCUT2D eigenvalue weighted by Crippen LogP contribution is 2.32. The van der Waals surface area contributed by atoms with Gasteiger partial charge in [-0.05, 0) is 0 Å². The van der Waals surface area contributed by atoms with E-state index in [1.54, 1.807) is 0 Å². The van der Waals surface area contributed by atoms with Gasteiger partial charge in [0.1, 0.15) is 0 Å². The van der Waals surface area contributed by atoms with Crippen LogP contribution >= 0.6 is 38.0 Å². The Morgan fingerprint density at radius 2 is 0.436 bits per heavy atom. The van der Waals surface area contributed by atoms with Crippen LogP contribution < -0.4 is 92.0 Å². The molecule has 0 spiro atoms. The summed E-state index contributed by atoms with van der Waals surface area (Å²) >= 11 is 0. The molecular formula is C9H46N10O15P5-3.